The summed E-state index contributed by atoms with van der Waals surface area (Å²) in [6.45, 7) is 5.12. The van der Waals surface area contributed by atoms with Crippen LogP contribution in [0.4, 0.5) is 11.8 Å². The molecule has 1 fully saturated rings. The molecule has 1 aliphatic heterocycles. The van der Waals surface area contributed by atoms with Crippen LogP contribution < -0.4 is 10.7 Å². The van der Waals surface area contributed by atoms with E-state index >= 15 is 0 Å². The summed E-state index contributed by atoms with van der Waals surface area (Å²) in [6.07, 6.45) is 7.77. The smallest absolute Gasteiger partial charge is 0.241 e. The zero-order valence-corrected chi connectivity index (χ0v) is 15.9. The average Bonchev–Trinajstić information content (AvgIpc) is 3.14. The fourth-order valence-corrected chi connectivity index (χ4v) is 3.38. The number of nitrogens with one attached hydrogen (secondary N) is 2. The van der Waals surface area contributed by atoms with E-state index < -0.39 is 0 Å². The number of unbranched alkanes of at least 4 members (excludes halogenated alkanes) is 1. The molecule has 7 heteroatoms. The number of fused-ring (bicyclic) bond motifs is 1. The van der Waals surface area contributed by atoms with Crippen LogP contribution in [-0.2, 0) is 0 Å². The molecular formula is C20H27N7. The van der Waals surface area contributed by atoms with Gasteiger partial charge in [-0.25, -0.2) is 9.99 Å². The number of nitrogens with zero attached hydrogens (tertiary/aromatic N) is 5. The van der Waals surface area contributed by atoms with Gasteiger partial charge in [0.15, 0.2) is 17.0 Å². The molecule has 4 rings (SSSR count). The second-order valence-electron chi connectivity index (χ2n) is 6.96. The highest BCUT2D eigenvalue weighted by molar-refractivity contribution is 5.85. The minimum atomic E-state index is 0.626. The largest absolute Gasteiger partial charge is 0.368 e. The van der Waals surface area contributed by atoms with Gasteiger partial charge in [-0.3, -0.25) is 9.99 Å². The Morgan fingerprint density at radius 3 is 2.63 bits per heavy atom. The van der Waals surface area contributed by atoms with E-state index in [-0.39, 0.29) is 0 Å². The molecule has 2 aromatic heterocycles. The van der Waals surface area contributed by atoms with E-state index in [1.54, 1.807) is 0 Å². The molecular weight excluding hydrogens is 338 g/mol. The number of hydrazine groups is 1. The second kappa shape index (κ2) is 8.35. The van der Waals surface area contributed by atoms with Gasteiger partial charge in [-0.2, -0.15) is 9.97 Å². The van der Waals surface area contributed by atoms with Crippen LogP contribution >= 0.6 is 0 Å². The minimum Gasteiger partial charge on any atom is -0.368 e. The minimum absolute atomic E-state index is 0.626. The molecule has 1 aliphatic rings. The Morgan fingerprint density at radius 1 is 1.04 bits per heavy atom. The molecule has 0 bridgehead atoms. The van der Waals surface area contributed by atoms with E-state index in [2.05, 4.69) is 39.8 Å². The SMILES string of the molecule is CCCCNc1nc(NN2CCCCC2)nc2c1ncn2-c1ccccc1. The van der Waals surface area contributed by atoms with Gasteiger partial charge in [-0.05, 0) is 31.4 Å². The van der Waals surface area contributed by atoms with Crippen LogP contribution in [0.5, 0.6) is 0 Å². The number of rotatable bonds is 7. The van der Waals surface area contributed by atoms with Gasteiger partial charge in [0.25, 0.3) is 0 Å². The van der Waals surface area contributed by atoms with Gasteiger partial charge < -0.3 is 5.32 Å². The lowest BCUT2D eigenvalue weighted by Crippen LogP contribution is -2.35. The van der Waals surface area contributed by atoms with E-state index in [9.17, 15) is 0 Å². The number of hydrogen-bond acceptors (Lipinski definition) is 6. The topological polar surface area (TPSA) is 70.9 Å². The third-order valence-electron chi connectivity index (χ3n) is 4.87. The van der Waals surface area contributed by atoms with Gasteiger partial charge in [0, 0.05) is 25.3 Å². The van der Waals surface area contributed by atoms with Gasteiger partial charge in [-0.15, -0.1) is 0 Å². The molecule has 0 radical (unpaired) electrons. The third-order valence-corrected chi connectivity index (χ3v) is 4.87. The molecule has 0 spiro atoms. The van der Waals surface area contributed by atoms with E-state index in [0.29, 0.717) is 5.95 Å². The van der Waals surface area contributed by atoms with Crippen LogP contribution in [0.2, 0.25) is 0 Å². The summed E-state index contributed by atoms with van der Waals surface area (Å²) >= 11 is 0. The van der Waals surface area contributed by atoms with Gasteiger partial charge in [-0.1, -0.05) is 38.0 Å². The van der Waals surface area contributed by atoms with E-state index in [4.69, 9.17) is 9.97 Å². The summed E-state index contributed by atoms with van der Waals surface area (Å²) in [5.74, 6) is 1.42. The highest BCUT2D eigenvalue weighted by Gasteiger charge is 2.16. The fraction of sp³-hybridized carbons (Fsp3) is 0.450. The van der Waals surface area contributed by atoms with Crippen LogP contribution in [0, 0.1) is 0 Å². The van der Waals surface area contributed by atoms with Crippen LogP contribution in [-0.4, -0.2) is 44.2 Å². The third kappa shape index (κ3) is 4.03. The Bertz CT molecular complexity index is 869. The highest BCUT2D eigenvalue weighted by Crippen LogP contribution is 2.24. The molecule has 0 amide bonds. The lowest BCUT2D eigenvalue weighted by molar-refractivity contribution is 0.271. The lowest BCUT2D eigenvalue weighted by atomic mass is 10.2. The number of anilines is 2. The summed E-state index contributed by atoms with van der Waals surface area (Å²) in [5.41, 5.74) is 6.07. The zero-order valence-electron chi connectivity index (χ0n) is 15.9. The first-order valence-electron chi connectivity index (χ1n) is 9.91. The summed E-state index contributed by atoms with van der Waals surface area (Å²) < 4.78 is 2.02. The molecule has 3 heterocycles. The van der Waals surface area contributed by atoms with Gasteiger partial charge in [0.2, 0.25) is 5.95 Å². The lowest BCUT2D eigenvalue weighted by Gasteiger charge is -2.26. The van der Waals surface area contributed by atoms with Gasteiger partial charge in [0.1, 0.15) is 6.33 Å². The quantitative estimate of drug-likeness (QED) is 0.620. The van der Waals surface area contributed by atoms with Crippen molar-refractivity contribution < 1.29 is 0 Å². The molecule has 0 atom stereocenters. The Morgan fingerprint density at radius 2 is 1.85 bits per heavy atom. The standard InChI is InChI=1S/C20H27N7/c1-2-3-12-21-18-17-19(27(15-22-17)16-10-6-4-7-11-16)24-20(23-18)25-26-13-8-5-9-14-26/h4,6-7,10-11,15H,2-3,5,8-9,12-14H2,1H3,(H2,21,23,24,25). The molecule has 27 heavy (non-hydrogen) atoms. The van der Waals surface area contributed by atoms with Gasteiger partial charge >= 0.3 is 0 Å². The van der Waals surface area contributed by atoms with Crippen molar-refractivity contribution in [3.05, 3.63) is 36.7 Å². The van der Waals surface area contributed by atoms with Crippen molar-refractivity contribution in [1.82, 2.24) is 24.5 Å². The maximum atomic E-state index is 4.79. The van der Waals surface area contributed by atoms with Crippen molar-refractivity contribution in [3.63, 3.8) is 0 Å². The summed E-state index contributed by atoms with van der Waals surface area (Å²) in [4.78, 5) is 14.1. The van der Waals surface area contributed by atoms with Gasteiger partial charge in [0.05, 0.1) is 0 Å². The first-order chi connectivity index (χ1) is 13.3. The predicted molar refractivity (Wildman–Crippen MR) is 109 cm³/mol. The number of hydrogen-bond donors (Lipinski definition) is 2. The zero-order chi connectivity index (χ0) is 18.5. The molecule has 0 unspecified atom stereocenters. The molecule has 2 N–H and O–H groups in total. The van der Waals surface area contributed by atoms with Crippen LogP contribution in [0.25, 0.3) is 16.9 Å². The summed E-state index contributed by atoms with van der Waals surface area (Å²) in [6, 6.07) is 10.2. The molecule has 0 saturated carbocycles. The molecule has 1 aromatic carbocycles. The normalized spacial score (nSPS) is 15.1. The number of aromatic nitrogens is 4. The van der Waals surface area contributed by atoms with Crippen molar-refractivity contribution in [2.75, 3.05) is 30.4 Å². The Hall–Kier alpha value is -2.67. The fourth-order valence-electron chi connectivity index (χ4n) is 3.38. The van der Waals surface area contributed by atoms with Crippen molar-refractivity contribution in [1.29, 1.82) is 0 Å². The second-order valence-corrected chi connectivity index (χ2v) is 6.96. The van der Waals surface area contributed by atoms with Crippen LogP contribution in [0.1, 0.15) is 39.0 Å². The maximum absolute atomic E-state index is 4.79. The number of piperidine rings is 1. The molecule has 1 saturated heterocycles. The van der Waals surface area contributed by atoms with Crippen LogP contribution in [0.3, 0.4) is 0 Å². The predicted octanol–water partition coefficient (Wildman–Crippen LogP) is 3.84. The Kier molecular flexibility index (Phi) is 5.48. The number of benzene rings is 1. The Balaban J connectivity index is 1.71. The average molecular weight is 365 g/mol. The van der Waals surface area contributed by atoms with E-state index in [0.717, 1.165) is 55.1 Å². The summed E-state index contributed by atoms with van der Waals surface area (Å²) in [7, 11) is 0. The monoisotopic (exact) mass is 365 g/mol. The van der Waals surface area contributed by atoms with E-state index in [1.165, 1.54) is 19.3 Å². The highest BCUT2D eigenvalue weighted by atomic mass is 15.5. The Labute approximate surface area is 159 Å². The van der Waals surface area contributed by atoms with Crippen LogP contribution in [0.15, 0.2) is 36.7 Å². The molecule has 0 aliphatic carbocycles. The number of imidazole rings is 1. The van der Waals surface area contributed by atoms with Crippen molar-refractivity contribution in [2.24, 2.45) is 0 Å². The molecule has 7 nitrogen and oxygen atoms in total. The van der Waals surface area contributed by atoms with E-state index in [1.807, 2.05) is 29.1 Å². The molecule has 3 aromatic rings. The van der Waals surface area contributed by atoms with Crippen molar-refractivity contribution >= 4 is 22.9 Å². The van der Waals surface area contributed by atoms with Crippen molar-refractivity contribution in [2.45, 2.75) is 39.0 Å². The van der Waals surface area contributed by atoms with Crippen molar-refractivity contribution in [3.8, 4) is 5.69 Å². The number of para-hydroxylation sites is 1. The first kappa shape index (κ1) is 17.7. The maximum Gasteiger partial charge on any atom is 0.241 e. The molecule has 142 valence electrons. The summed E-state index contributed by atoms with van der Waals surface area (Å²) in [5, 5.41) is 5.66. The first-order valence-corrected chi connectivity index (χ1v) is 9.91.